The van der Waals surface area contributed by atoms with Crippen LogP contribution in [0.15, 0.2) is 36.4 Å². The number of fused-ring (bicyclic) bond motifs is 1. The zero-order valence-electron chi connectivity index (χ0n) is 11.1. The van der Waals surface area contributed by atoms with Gasteiger partial charge in [-0.3, -0.25) is 9.48 Å². The number of rotatable bonds is 2. The van der Waals surface area contributed by atoms with Crippen molar-refractivity contribution < 1.29 is 4.79 Å². The minimum Gasteiger partial charge on any atom is -0.364 e. The summed E-state index contributed by atoms with van der Waals surface area (Å²) in [5, 5.41) is 6.19. The number of primary amides is 1. The molecule has 0 saturated heterocycles. The number of benzene rings is 2. The monoisotopic (exact) mass is 319 g/mol. The highest BCUT2D eigenvalue weighted by atomic mass is 35.5. The second-order valence-electron chi connectivity index (χ2n) is 4.66. The van der Waals surface area contributed by atoms with E-state index >= 15 is 0 Å². The molecule has 3 rings (SSSR count). The predicted molar refractivity (Wildman–Crippen MR) is 84.7 cm³/mol. The third-order valence-corrected chi connectivity index (χ3v) is 3.87. The minimum absolute atomic E-state index is 0.372. The first-order valence-electron chi connectivity index (χ1n) is 6.20. The van der Waals surface area contributed by atoms with Crippen LogP contribution < -0.4 is 5.73 Å². The van der Waals surface area contributed by atoms with Gasteiger partial charge in [-0.1, -0.05) is 47.5 Å². The van der Waals surface area contributed by atoms with E-state index in [0.29, 0.717) is 26.6 Å². The van der Waals surface area contributed by atoms with Crippen molar-refractivity contribution in [2.75, 3.05) is 0 Å². The molecule has 0 aliphatic heterocycles. The van der Waals surface area contributed by atoms with E-state index in [4.69, 9.17) is 28.9 Å². The van der Waals surface area contributed by atoms with Crippen molar-refractivity contribution in [3.05, 3.63) is 52.1 Å². The van der Waals surface area contributed by atoms with Crippen LogP contribution in [0, 0.1) is 0 Å². The van der Waals surface area contributed by atoms with E-state index in [-0.39, 0.29) is 0 Å². The molecule has 0 spiro atoms. The summed E-state index contributed by atoms with van der Waals surface area (Å²) in [7, 11) is 1.69. The van der Waals surface area contributed by atoms with Crippen LogP contribution in [0.3, 0.4) is 0 Å². The first kappa shape index (κ1) is 13.9. The van der Waals surface area contributed by atoms with Crippen LogP contribution in [0.5, 0.6) is 0 Å². The third-order valence-electron chi connectivity index (χ3n) is 3.32. The number of aromatic nitrogens is 2. The molecule has 0 fully saturated rings. The van der Waals surface area contributed by atoms with Gasteiger partial charge in [0.25, 0.3) is 5.91 Å². The molecule has 0 atom stereocenters. The van der Waals surface area contributed by atoms with E-state index in [9.17, 15) is 4.79 Å². The van der Waals surface area contributed by atoms with Gasteiger partial charge in [-0.2, -0.15) is 5.10 Å². The molecule has 2 N–H and O–H groups in total. The minimum atomic E-state index is -0.514. The second-order valence-corrected chi connectivity index (χ2v) is 5.51. The summed E-state index contributed by atoms with van der Waals surface area (Å²) in [6.45, 7) is 0. The fourth-order valence-electron chi connectivity index (χ4n) is 2.43. The topological polar surface area (TPSA) is 60.9 Å². The van der Waals surface area contributed by atoms with Crippen LogP contribution in [0.4, 0.5) is 0 Å². The van der Waals surface area contributed by atoms with Gasteiger partial charge in [0.2, 0.25) is 0 Å². The number of hydrogen-bond acceptors (Lipinski definition) is 2. The molecular weight excluding hydrogens is 309 g/mol. The largest absolute Gasteiger partial charge is 0.364 e. The van der Waals surface area contributed by atoms with Crippen molar-refractivity contribution in [3.63, 3.8) is 0 Å². The third kappa shape index (κ3) is 2.26. The van der Waals surface area contributed by atoms with Gasteiger partial charge in [-0.15, -0.1) is 0 Å². The van der Waals surface area contributed by atoms with Gasteiger partial charge in [-0.05, 0) is 12.1 Å². The van der Waals surface area contributed by atoms with Crippen molar-refractivity contribution >= 4 is 40.0 Å². The van der Waals surface area contributed by atoms with Gasteiger partial charge in [0.05, 0.1) is 0 Å². The standard InChI is InChI=1S/C15H11Cl2N3O/c1-20-14(15(18)21)11-4-2-3-10(13(11)19-20)9-6-5-8(16)7-12(9)17/h2-7H,1H3,(H2,18,21). The number of hydrogen-bond donors (Lipinski definition) is 1. The molecule has 21 heavy (non-hydrogen) atoms. The van der Waals surface area contributed by atoms with Gasteiger partial charge in [0.15, 0.2) is 0 Å². The van der Waals surface area contributed by atoms with Crippen molar-refractivity contribution in [3.8, 4) is 11.1 Å². The molecule has 0 saturated carbocycles. The van der Waals surface area contributed by atoms with Crippen LogP contribution in [-0.4, -0.2) is 15.7 Å². The van der Waals surface area contributed by atoms with E-state index in [2.05, 4.69) is 5.10 Å². The Bertz CT molecular complexity index is 871. The van der Waals surface area contributed by atoms with Gasteiger partial charge >= 0.3 is 0 Å². The lowest BCUT2D eigenvalue weighted by Gasteiger charge is -2.05. The Morgan fingerprint density at radius 1 is 1.19 bits per heavy atom. The first-order chi connectivity index (χ1) is 9.99. The SMILES string of the molecule is Cn1nc2c(-c3ccc(Cl)cc3Cl)cccc2c1C(N)=O. The smallest absolute Gasteiger partial charge is 0.267 e. The maximum absolute atomic E-state index is 11.6. The Morgan fingerprint density at radius 2 is 1.95 bits per heavy atom. The Hall–Kier alpha value is -2.04. The fourth-order valence-corrected chi connectivity index (χ4v) is 2.94. The fraction of sp³-hybridized carbons (Fsp3) is 0.0667. The highest BCUT2D eigenvalue weighted by molar-refractivity contribution is 6.36. The molecule has 4 nitrogen and oxygen atoms in total. The Morgan fingerprint density at radius 3 is 2.62 bits per heavy atom. The van der Waals surface area contributed by atoms with Crippen LogP contribution >= 0.6 is 23.2 Å². The van der Waals surface area contributed by atoms with Crippen molar-refractivity contribution in [2.24, 2.45) is 12.8 Å². The number of nitrogens with zero attached hydrogens (tertiary/aromatic N) is 2. The average Bonchev–Trinajstić information content (AvgIpc) is 2.75. The average molecular weight is 320 g/mol. The highest BCUT2D eigenvalue weighted by Crippen LogP contribution is 2.35. The second kappa shape index (κ2) is 5.06. The molecule has 6 heteroatoms. The van der Waals surface area contributed by atoms with E-state index < -0.39 is 5.91 Å². The summed E-state index contributed by atoms with van der Waals surface area (Å²) in [4.78, 5) is 11.6. The molecular formula is C15H11Cl2N3O. The van der Waals surface area contributed by atoms with E-state index in [1.54, 1.807) is 19.2 Å². The zero-order valence-corrected chi connectivity index (χ0v) is 12.6. The van der Waals surface area contributed by atoms with Crippen molar-refractivity contribution in [2.45, 2.75) is 0 Å². The van der Waals surface area contributed by atoms with Crippen LogP contribution in [0.2, 0.25) is 10.0 Å². The van der Waals surface area contributed by atoms with E-state index in [0.717, 1.165) is 11.1 Å². The number of carbonyl (C=O) groups is 1. The van der Waals surface area contributed by atoms with Crippen molar-refractivity contribution in [1.82, 2.24) is 9.78 Å². The van der Waals surface area contributed by atoms with Crippen molar-refractivity contribution in [1.29, 1.82) is 0 Å². The van der Waals surface area contributed by atoms with Gasteiger partial charge in [-0.25, -0.2) is 0 Å². The number of carbonyl (C=O) groups excluding carboxylic acids is 1. The number of aryl methyl sites for hydroxylation is 1. The molecule has 0 aliphatic carbocycles. The van der Waals surface area contributed by atoms with E-state index in [1.165, 1.54) is 4.68 Å². The quantitative estimate of drug-likeness (QED) is 0.783. The molecule has 1 heterocycles. The predicted octanol–water partition coefficient (Wildman–Crippen LogP) is 3.65. The van der Waals surface area contributed by atoms with Crippen LogP contribution in [0.25, 0.3) is 22.0 Å². The van der Waals surface area contributed by atoms with Crippen LogP contribution in [-0.2, 0) is 7.05 Å². The molecule has 2 aromatic carbocycles. The summed E-state index contributed by atoms with van der Waals surface area (Å²) in [6, 6.07) is 10.8. The highest BCUT2D eigenvalue weighted by Gasteiger charge is 2.17. The lowest BCUT2D eigenvalue weighted by molar-refractivity contribution is 0.0993. The summed E-state index contributed by atoms with van der Waals surface area (Å²) >= 11 is 12.2. The Kier molecular flexibility index (Phi) is 3.35. The normalized spacial score (nSPS) is 11.0. The molecule has 1 amide bonds. The number of nitrogens with two attached hydrogens (primary N) is 1. The van der Waals surface area contributed by atoms with Gasteiger partial charge in [0, 0.05) is 33.6 Å². The number of amides is 1. The molecule has 1 aromatic heterocycles. The summed E-state index contributed by atoms with van der Waals surface area (Å²) < 4.78 is 1.49. The number of halogens is 2. The Balaban J connectivity index is 2.34. The Labute approximate surface area is 131 Å². The zero-order chi connectivity index (χ0) is 15.1. The van der Waals surface area contributed by atoms with Gasteiger partial charge in [0.1, 0.15) is 11.2 Å². The summed E-state index contributed by atoms with van der Waals surface area (Å²) in [6.07, 6.45) is 0. The molecule has 0 unspecified atom stereocenters. The molecule has 106 valence electrons. The molecule has 3 aromatic rings. The first-order valence-corrected chi connectivity index (χ1v) is 6.95. The summed E-state index contributed by atoms with van der Waals surface area (Å²) in [5.74, 6) is -0.514. The lowest BCUT2D eigenvalue weighted by atomic mass is 10.0. The molecule has 0 aliphatic rings. The van der Waals surface area contributed by atoms with Gasteiger partial charge < -0.3 is 5.73 Å². The lowest BCUT2D eigenvalue weighted by Crippen LogP contribution is -2.15. The van der Waals surface area contributed by atoms with Crippen LogP contribution in [0.1, 0.15) is 10.5 Å². The molecule has 0 radical (unpaired) electrons. The maximum atomic E-state index is 11.6. The molecule has 0 bridgehead atoms. The maximum Gasteiger partial charge on any atom is 0.267 e. The summed E-state index contributed by atoms with van der Waals surface area (Å²) in [5.41, 5.74) is 8.11. The van der Waals surface area contributed by atoms with E-state index in [1.807, 2.05) is 24.3 Å².